The molecule has 4 heterocycles. The van der Waals surface area contributed by atoms with Gasteiger partial charge in [-0.2, -0.15) is 9.78 Å². The number of halogens is 2. The van der Waals surface area contributed by atoms with E-state index in [9.17, 15) is 18.4 Å². The van der Waals surface area contributed by atoms with Gasteiger partial charge in [0.15, 0.2) is 5.82 Å². The average molecular weight is 586 g/mol. The van der Waals surface area contributed by atoms with Crippen LogP contribution >= 0.6 is 11.8 Å². The van der Waals surface area contributed by atoms with Crippen molar-refractivity contribution in [2.75, 3.05) is 7.11 Å². The van der Waals surface area contributed by atoms with E-state index in [1.807, 2.05) is 27.7 Å². The number of hydrogen-bond acceptors (Lipinski definition) is 9. The standard InChI is InChI=1S/C24H21F2N7O3S.2C2H6/c1-36-18-12-27-17(22(25)26)9-15(18)14-10-19(33-21(34)3-2-8-29-33)28-11-16(14)23(35)30-24-32-31-20(37-24)7-6-13-4-5-13;2*1-2/h2-3,8-13,20,22,24,31-32H,4-5H2,1H3,(H,30,35);2*1-2H3. The SMILES string of the molecule is CC.CC.COc1cnc(C(F)F)cc1-c1cc(-n2ncccc2=O)ncc1C(=O)NC1NNC(C#CC2CC2)S1. The zero-order valence-corrected chi connectivity index (χ0v) is 24.3. The molecular weight excluding hydrogens is 552 g/mol. The Bertz CT molecular complexity index is 1450. The molecule has 2 aliphatic rings. The Morgan fingerprint density at radius 2 is 1.88 bits per heavy atom. The molecule has 0 aromatic carbocycles. The number of hydrazine groups is 1. The summed E-state index contributed by atoms with van der Waals surface area (Å²) in [4.78, 5) is 33.7. The molecule has 218 valence electrons. The van der Waals surface area contributed by atoms with E-state index in [0.29, 0.717) is 5.92 Å². The highest BCUT2D eigenvalue weighted by molar-refractivity contribution is 8.00. The highest BCUT2D eigenvalue weighted by atomic mass is 32.2. The Kier molecular flexibility index (Phi) is 11.8. The lowest BCUT2D eigenvalue weighted by atomic mass is 10.00. The fourth-order valence-electron chi connectivity index (χ4n) is 3.56. The second-order valence-corrected chi connectivity index (χ2v) is 9.41. The van der Waals surface area contributed by atoms with Crippen LogP contribution in [0.2, 0.25) is 0 Å². The van der Waals surface area contributed by atoms with Crippen LogP contribution in [-0.2, 0) is 0 Å². The molecule has 41 heavy (non-hydrogen) atoms. The van der Waals surface area contributed by atoms with Crippen LogP contribution < -0.4 is 26.5 Å². The van der Waals surface area contributed by atoms with Crippen LogP contribution in [0.4, 0.5) is 8.78 Å². The van der Waals surface area contributed by atoms with E-state index in [1.165, 1.54) is 49.5 Å². The first-order valence-electron chi connectivity index (χ1n) is 13.3. The second kappa shape index (κ2) is 15.2. The van der Waals surface area contributed by atoms with Crippen molar-refractivity contribution in [3.8, 4) is 34.5 Å². The van der Waals surface area contributed by atoms with Crippen LogP contribution in [0.25, 0.3) is 16.9 Å². The summed E-state index contributed by atoms with van der Waals surface area (Å²) >= 11 is 1.38. The molecule has 1 aliphatic heterocycles. The van der Waals surface area contributed by atoms with Crippen LogP contribution in [0.3, 0.4) is 0 Å². The maximum absolute atomic E-state index is 13.5. The zero-order chi connectivity index (χ0) is 29.9. The first-order valence-corrected chi connectivity index (χ1v) is 14.2. The van der Waals surface area contributed by atoms with Crippen molar-refractivity contribution in [3.63, 3.8) is 0 Å². The third-order valence-electron chi connectivity index (χ3n) is 5.56. The first kappa shape index (κ1) is 31.7. The third-order valence-corrected chi connectivity index (χ3v) is 6.58. The van der Waals surface area contributed by atoms with Gasteiger partial charge in [0.1, 0.15) is 22.3 Å². The average Bonchev–Trinajstić information content (AvgIpc) is 3.74. The van der Waals surface area contributed by atoms with Crippen LogP contribution in [0.1, 0.15) is 63.0 Å². The van der Waals surface area contributed by atoms with E-state index in [-0.39, 0.29) is 33.6 Å². The fourth-order valence-corrected chi connectivity index (χ4v) is 4.41. The number of carbonyl (C=O) groups excluding carboxylic acids is 1. The van der Waals surface area contributed by atoms with E-state index in [1.54, 1.807) is 0 Å². The first-order chi connectivity index (χ1) is 19.9. The number of methoxy groups -OCH3 is 1. The molecule has 2 fully saturated rings. The molecule has 1 aliphatic carbocycles. The Morgan fingerprint density at radius 1 is 1.12 bits per heavy atom. The molecule has 0 spiro atoms. The molecule has 2 unspecified atom stereocenters. The van der Waals surface area contributed by atoms with Crippen molar-refractivity contribution in [2.24, 2.45) is 5.92 Å². The lowest BCUT2D eigenvalue weighted by Gasteiger charge is -2.17. The number of pyridine rings is 2. The van der Waals surface area contributed by atoms with Crippen molar-refractivity contribution >= 4 is 17.7 Å². The molecule has 1 saturated carbocycles. The molecule has 1 saturated heterocycles. The molecule has 0 bridgehead atoms. The van der Waals surface area contributed by atoms with Crippen LogP contribution in [0.15, 0.2) is 47.7 Å². The maximum atomic E-state index is 13.5. The van der Waals surface area contributed by atoms with Gasteiger partial charge in [0, 0.05) is 35.5 Å². The Morgan fingerprint density at radius 3 is 2.54 bits per heavy atom. The molecule has 2 atom stereocenters. The number of nitrogens with one attached hydrogen (secondary N) is 3. The summed E-state index contributed by atoms with van der Waals surface area (Å²) in [5.74, 6) is 6.49. The van der Waals surface area contributed by atoms with Crippen LogP contribution in [0.5, 0.6) is 5.75 Å². The van der Waals surface area contributed by atoms with Gasteiger partial charge in [0.2, 0.25) is 0 Å². The molecule has 5 rings (SSSR count). The fraction of sp³-hybridized carbons (Fsp3) is 0.393. The minimum absolute atomic E-state index is 0.0763. The molecule has 0 radical (unpaired) electrons. The van der Waals surface area contributed by atoms with Gasteiger partial charge >= 0.3 is 0 Å². The summed E-state index contributed by atoms with van der Waals surface area (Å²) in [5, 5.41) is 6.65. The van der Waals surface area contributed by atoms with E-state index in [4.69, 9.17) is 4.74 Å². The molecule has 3 N–H and O–H groups in total. The molecule has 10 nitrogen and oxygen atoms in total. The van der Waals surface area contributed by atoms with Gasteiger partial charge < -0.3 is 10.1 Å². The summed E-state index contributed by atoms with van der Waals surface area (Å²) in [6.45, 7) is 8.00. The Balaban J connectivity index is 0.00000111. The van der Waals surface area contributed by atoms with Gasteiger partial charge in [-0.3, -0.25) is 14.6 Å². The van der Waals surface area contributed by atoms with E-state index < -0.39 is 29.1 Å². The van der Waals surface area contributed by atoms with Gasteiger partial charge in [-0.1, -0.05) is 51.3 Å². The van der Waals surface area contributed by atoms with E-state index >= 15 is 0 Å². The highest BCUT2D eigenvalue weighted by Gasteiger charge is 2.28. The van der Waals surface area contributed by atoms with Crippen molar-refractivity contribution in [3.05, 3.63) is 64.5 Å². The predicted octanol–water partition coefficient (Wildman–Crippen LogP) is 4.28. The Hall–Kier alpha value is -3.86. The van der Waals surface area contributed by atoms with Gasteiger partial charge in [-0.25, -0.2) is 24.6 Å². The van der Waals surface area contributed by atoms with Crippen molar-refractivity contribution in [1.82, 2.24) is 35.9 Å². The summed E-state index contributed by atoms with van der Waals surface area (Å²) in [7, 11) is 1.36. The predicted molar refractivity (Wildman–Crippen MR) is 154 cm³/mol. The van der Waals surface area contributed by atoms with Gasteiger partial charge in [0.05, 0.1) is 18.9 Å². The number of alkyl halides is 2. The molecular formula is C28H33F2N7O3S. The minimum atomic E-state index is -2.85. The number of amides is 1. The van der Waals surface area contributed by atoms with Crippen LogP contribution in [0, 0.1) is 17.8 Å². The quantitative estimate of drug-likeness (QED) is 0.364. The number of carbonyl (C=O) groups is 1. The summed E-state index contributed by atoms with van der Waals surface area (Å²) in [6.07, 6.45) is 3.21. The lowest BCUT2D eigenvalue weighted by molar-refractivity contribution is 0.0945. The molecule has 3 aromatic heterocycles. The second-order valence-electron chi connectivity index (χ2n) is 8.19. The smallest absolute Gasteiger partial charge is 0.280 e. The number of thioether (sulfide) groups is 1. The monoisotopic (exact) mass is 585 g/mol. The summed E-state index contributed by atoms with van der Waals surface area (Å²) in [6, 6.07) is 5.35. The van der Waals surface area contributed by atoms with Gasteiger partial charge in [-0.05, 0) is 31.0 Å². The van der Waals surface area contributed by atoms with Crippen molar-refractivity contribution in [2.45, 2.75) is 57.8 Å². The van der Waals surface area contributed by atoms with Crippen LogP contribution in [-0.4, -0.2) is 43.6 Å². The maximum Gasteiger partial charge on any atom is 0.280 e. The number of aromatic nitrogens is 4. The number of rotatable bonds is 6. The number of nitrogens with zero attached hydrogens (tertiary/aromatic N) is 4. The summed E-state index contributed by atoms with van der Waals surface area (Å²) < 4.78 is 33.4. The van der Waals surface area contributed by atoms with Crippen molar-refractivity contribution in [1.29, 1.82) is 0 Å². The molecule has 13 heteroatoms. The Labute approximate surface area is 241 Å². The zero-order valence-electron chi connectivity index (χ0n) is 23.4. The number of ether oxygens (including phenoxy) is 1. The van der Waals surface area contributed by atoms with Gasteiger partial charge in [-0.15, -0.1) is 0 Å². The topological polar surface area (TPSA) is 123 Å². The molecule has 3 aromatic rings. The molecule has 1 amide bonds. The van der Waals surface area contributed by atoms with E-state index in [0.717, 1.165) is 29.8 Å². The minimum Gasteiger partial charge on any atom is -0.494 e. The van der Waals surface area contributed by atoms with Gasteiger partial charge in [0.25, 0.3) is 17.9 Å². The normalized spacial score (nSPS) is 17.3. The third kappa shape index (κ3) is 8.09. The van der Waals surface area contributed by atoms with E-state index in [2.05, 4.69) is 43.1 Å². The largest absolute Gasteiger partial charge is 0.494 e. The number of hydrogen-bond donors (Lipinski definition) is 3. The summed E-state index contributed by atoms with van der Waals surface area (Å²) in [5.41, 5.74) is 5.00. The highest BCUT2D eigenvalue weighted by Crippen LogP contribution is 2.35. The lowest BCUT2D eigenvalue weighted by Crippen LogP contribution is -2.43. The van der Waals surface area contributed by atoms with Crippen molar-refractivity contribution < 1.29 is 18.3 Å².